The molecule has 19 heavy (non-hydrogen) atoms. The van der Waals surface area contributed by atoms with Gasteiger partial charge in [0.25, 0.3) is 0 Å². The summed E-state index contributed by atoms with van der Waals surface area (Å²) in [6.45, 7) is 2.89. The van der Waals surface area contributed by atoms with Crippen LogP contribution in [0, 0.1) is 0 Å². The maximum absolute atomic E-state index is 10.9. The van der Waals surface area contributed by atoms with Crippen molar-refractivity contribution in [3.05, 3.63) is 42.0 Å². The summed E-state index contributed by atoms with van der Waals surface area (Å²) in [4.78, 5) is 10.9. The van der Waals surface area contributed by atoms with Gasteiger partial charge in [0.2, 0.25) is 0 Å². The molecule has 1 N–H and O–H groups in total. The summed E-state index contributed by atoms with van der Waals surface area (Å²) in [5.41, 5.74) is 0.309. The van der Waals surface area contributed by atoms with Crippen molar-refractivity contribution in [3.8, 4) is 5.75 Å². The Morgan fingerprint density at radius 2 is 1.84 bits per heavy atom. The van der Waals surface area contributed by atoms with E-state index >= 15 is 0 Å². The lowest BCUT2D eigenvalue weighted by Gasteiger charge is -2.07. The molecular formula is C16H18O3. The molecule has 3 nitrogen and oxygen atoms in total. The van der Waals surface area contributed by atoms with Crippen LogP contribution >= 0.6 is 0 Å². The van der Waals surface area contributed by atoms with Crippen LogP contribution in [0.4, 0.5) is 0 Å². The number of hydrogen-bond donors (Lipinski definition) is 1. The first kappa shape index (κ1) is 13.4. The van der Waals surface area contributed by atoms with Crippen molar-refractivity contribution in [2.24, 2.45) is 0 Å². The molecule has 2 aromatic carbocycles. The van der Waals surface area contributed by atoms with Gasteiger partial charge in [0.1, 0.15) is 5.75 Å². The normalized spacial score (nSPS) is 10.6. The van der Waals surface area contributed by atoms with Crippen LogP contribution < -0.4 is 4.74 Å². The zero-order valence-electron chi connectivity index (χ0n) is 11.1. The van der Waals surface area contributed by atoms with Crippen LogP contribution in [0.2, 0.25) is 0 Å². The van der Waals surface area contributed by atoms with Crippen LogP contribution in [0.1, 0.15) is 36.5 Å². The topological polar surface area (TPSA) is 46.5 Å². The Hall–Kier alpha value is -2.03. The van der Waals surface area contributed by atoms with Gasteiger partial charge in [-0.05, 0) is 41.5 Å². The second kappa shape index (κ2) is 6.23. The van der Waals surface area contributed by atoms with Crippen molar-refractivity contribution in [1.29, 1.82) is 0 Å². The molecule has 0 unspecified atom stereocenters. The number of ether oxygens (including phenoxy) is 1. The molecule has 0 aliphatic heterocycles. The molecule has 0 radical (unpaired) electrons. The maximum atomic E-state index is 10.9. The molecule has 0 bridgehead atoms. The molecule has 100 valence electrons. The Kier molecular flexibility index (Phi) is 4.39. The zero-order valence-corrected chi connectivity index (χ0v) is 11.1. The van der Waals surface area contributed by atoms with Gasteiger partial charge in [-0.3, -0.25) is 0 Å². The average molecular weight is 258 g/mol. The second-order valence-corrected chi connectivity index (χ2v) is 4.58. The number of unbranched alkanes of at least 4 members (excludes halogenated alkanes) is 2. The van der Waals surface area contributed by atoms with Crippen molar-refractivity contribution >= 4 is 16.7 Å². The van der Waals surface area contributed by atoms with Crippen LogP contribution in [-0.2, 0) is 0 Å². The minimum absolute atomic E-state index is 0.309. The summed E-state index contributed by atoms with van der Waals surface area (Å²) in [6.07, 6.45) is 3.42. The number of hydrogen-bond acceptors (Lipinski definition) is 2. The fraction of sp³-hybridized carbons (Fsp3) is 0.312. The van der Waals surface area contributed by atoms with Crippen molar-refractivity contribution in [2.75, 3.05) is 6.61 Å². The van der Waals surface area contributed by atoms with Gasteiger partial charge in [-0.1, -0.05) is 31.9 Å². The van der Waals surface area contributed by atoms with Crippen molar-refractivity contribution in [2.45, 2.75) is 26.2 Å². The summed E-state index contributed by atoms with van der Waals surface area (Å²) < 4.78 is 5.68. The van der Waals surface area contributed by atoms with Crippen molar-refractivity contribution in [1.82, 2.24) is 0 Å². The van der Waals surface area contributed by atoms with Crippen LogP contribution in [0.25, 0.3) is 10.8 Å². The second-order valence-electron chi connectivity index (χ2n) is 4.58. The molecule has 0 saturated heterocycles. The highest BCUT2D eigenvalue weighted by atomic mass is 16.5. The Labute approximate surface area is 112 Å². The maximum Gasteiger partial charge on any atom is 0.335 e. The Bertz CT molecular complexity index is 575. The van der Waals surface area contributed by atoms with Crippen LogP contribution in [0.3, 0.4) is 0 Å². The van der Waals surface area contributed by atoms with E-state index in [1.807, 2.05) is 24.3 Å². The number of fused-ring (bicyclic) bond motifs is 1. The van der Waals surface area contributed by atoms with Crippen LogP contribution in [-0.4, -0.2) is 17.7 Å². The van der Waals surface area contributed by atoms with E-state index < -0.39 is 5.97 Å². The first-order valence-corrected chi connectivity index (χ1v) is 6.60. The lowest BCUT2D eigenvalue weighted by molar-refractivity contribution is 0.0697. The third-order valence-corrected chi connectivity index (χ3v) is 3.08. The molecule has 2 rings (SSSR count). The molecule has 0 aliphatic carbocycles. The van der Waals surface area contributed by atoms with E-state index in [0.717, 1.165) is 29.5 Å². The molecule has 0 atom stereocenters. The first-order chi connectivity index (χ1) is 9.20. The van der Waals surface area contributed by atoms with E-state index in [1.54, 1.807) is 12.1 Å². The van der Waals surface area contributed by atoms with E-state index in [-0.39, 0.29) is 0 Å². The number of benzene rings is 2. The molecule has 0 spiro atoms. The lowest BCUT2D eigenvalue weighted by Crippen LogP contribution is -1.97. The predicted molar refractivity (Wildman–Crippen MR) is 75.9 cm³/mol. The molecule has 0 heterocycles. The predicted octanol–water partition coefficient (Wildman–Crippen LogP) is 4.11. The van der Waals surface area contributed by atoms with Gasteiger partial charge < -0.3 is 9.84 Å². The zero-order chi connectivity index (χ0) is 13.7. The Morgan fingerprint density at radius 3 is 2.58 bits per heavy atom. The number of carbonyl (C=O) groups is 1. The van der Waals surface area contributed by atoms with E-state index in [9.17, 15) is 4.79 Å². The van der Waals surface area contributed by atoms with E-state index in [4.69, 9.17) is 9.84 Å². The Balaban J connectivity index is 2.12. The summed E-state index contributed by atoms with van der Waals surface area (Å²) in [7, 11) is 0. The molecular weight excluding hydrogens is 240 g/mol. The summed E-state index contributed by atoms with van der Waals surface area (Å²) in [6, 6.07) is 10.9. The molecule has 0 saturated carbocycles. The van der Waals surface area contributed by atoms with Gasteiger partial charge in [-0.15, -0.1) is 0 Å². The largest absolute Gasteiger partial charge is 0.494 e. The minimum Gasteiger partial charge on any atom is -0.494 e. The molecule has 3 heteroatoms. The van der Waals surface area contributed by atoms with Gasteiger partial charge in [0.15, 0.2) is 0 Å². The Morgan fingerprint density at radius 1 is 1.11 bits per heavy atom. The van der Waals surface area contributed by atoms with Crippen LogP contribution in [0.15, 0.2) is 36.4 Å². The molecule has 0 amide bonds. The molecule has 0 fully saturated rings. The third-order valence-electron chi connectivity index (χ3n) is 3.08. The quantitative estimate of drug-likeness (QED) is 0.793. The smallest absolute Gasteiger partial charge is 0.335 e. The monoisotopic (exact) mass is 258 g/mol. The van der Waals surface area contributed by atoms with E-state index in [0.29, 0.717) is 5.56 Å². The first-order valence-electron chi connectivity index (χ1n) is 6.60. The van der Waals surface area contributed by atoms with Gasteiger partial charge in [-0.25, -0.2) is 4.79 Å². The summed E-state index contributed by atoms with van der Waals surface area (Å²) in [5, 5.41) is 10.9. The minimum atomic E-state index is -0.901. The highest BCUT2D eigenvalue weighted by Gasteiger charge is 2.04. The number of carboxylic acid groups (broad SMARTS) is 1. The molecule has 0 aromatic heterocycles. The highest BCUT2D eigenvalue weighted by Crippen LogP contribution is 2.22. The van der Waals surface area contributed by atoms with E-state index in [1.165, 1.54) is 12.8 Å². The van der Waals surface area contributed by atoms with Gasteiger partial charge in [0, 0.05) is 0 Å². The molecule has 0 aliphatic rings. The van der Waals surface area contributed by atoms with Crippen molar-refractivity contribution < 1.29 is 14.6 Å². The van der Waals surface area contributed by atoms with E-state index in [2.05, 4.69) is 6.92 Å². The van der Waals surface area contributed by atoms with Crippen molar-refractivity contribution in [3.63, 3.8) is 0 Å². The average Bonchev–Trinajstić information content (AvgIpc) is 2.43. The fourth-order valence-corrected chi connectivity index (χ4v) is 1.99. The fourth-order valence-electron chi connectivity index (χ4n) is 1.99. The number of carboxylic acids is 1. The molecule has 2 aromatic rings. The van der Waals surface area contributed by atoms with Gasteiger partial charge in [-0.2, -0.15) is 0 Å². The number of aromatic carboxylic acids is 1. The SMILES string of the molecule is CCCCCOc1ccc2cc(C(=O)O)ccc2c1. The summed E-state index contributed by atoms with van der Waals surface area (Å²) in [5.74, 6) is -0.0616. The summed E-state index contributed by atoms with van der Waals surface area (Å²) >= 11 is 0. The van der Waals surface area contributed by atoms with Gasteiger partial charge >= 0.3 is 5.97 Å². The van der Waals surface area contributed by atoms with Crippen LogP contribution in [0.5, 0.6) is 5.75 Å². The lowest BCUT2D eigenvalue weighted by atomic mass is 10.1. The standard InChI is InChI=1S/C16H18O3/c1-2-3-4-9-19-15-8-7-12-10-14(16(17)18)6-5-13(12)11-15/h5-8,10-11H,2-4,9H2,1H3,(H,17,18). The highest BCUT2D eigenvalue weighted by molar-refractivity contribution is 5.94. The number of rotatable bonds is 6. The van der Waals surface area contributed by atoms with Gasteiger partial charge in [0.05, 0.1) is 12.2 Å². The third kappa shape index (κ3) is 3.47.